The lowest BCUT2D eigenvalue weighted by Gasteiger charge is -2.31. The molecular weight excluding hydrogens is 438 g/mol. The molecule has 0 aromatic heterocycles. The van der Waals surface area contributed by atoms with Gasteiger partial charge in [0, 0.05) is 41.3 Å². The molecule has 1 saturated heterocycles. The van der Waals surface area contributed by atoms with Gasteiger partial charge in [0.2, 0.25) is 5.91 Å². The number of rotatable bonds is 6. The first kappa shape index (κ1) is 21.6. The smallest absolute Gasteiger partial charge is 0.261 e. The average Bonchev–Trinajstić information content (AvgIpc) is 3.57. The van der Waals surface area contributed by atoms with Crippen molar-refractivity contribution in [3.05, 3.63) is 59.1 Å². The minimum atomic E-state index is -3.80. The lowest BCUT2D eigenvalue weighted by atomic mass is 9.95. The zero-order valence-electron chi connectivity index (χ0n) is 16.9. The summed E-state index contributed by atoms with van der Waals surface area (Å²) >= 11 is 5.82. The Morgan fingerprint density at radius 1 is 0.968 bits per heavy atom. The van der Waals surface area contributed by atoms with Crippen LogP contribution >= 0.6 is 11.6 Å². The minimum absolute atomic E-state index is 0.0535. The zero-order chi connectivity index (χ0) is 22.0. The molecule has 1 heterocycles. The maximum absolute atomic E-state index is 12.9. The van der Waals surface area contributed by atoms with Gasteiger partial charge in [0.1, 0.15) is 0 Å². The van der Waals surface area contributed by atoms with Gasteiger partial charge in [-0.05, 0) is 68.1 Å². The first-order valence-electron chi connectivity index (χ1n) is 10.3. The SMILES string of the molecule is O=C(NC1CC1)C1CCN(C(=O)c2cccc(NS(=O)(=O)c3ccc(Cl)cc3)c2)CC1. The molecule has 1 aliphatic heterocycles. The normalized spacial score (nSPS) is 17.3. The number of sulfonamides is 1. The number of anilines is 1. The van der Waals surface area contributed by atoms with E-state index in [1.165, 1.54) is 30.3 Å². The maximum Gasteiger partial charge on any atom is 0.261 e. The Morgan fingerprint density at radius 2 is 1.65 bits per heavy atom. The summed E-state index contributed by atoms with van der Waals surface area (Å²) in [5.41, 5.74) is 0.705. The predicted octanol–water partition coefficient (Wildman–Crippen LogP) is 3.27. The molecule has 2 fully saturated rings. The van der Waals surface area contributed by atoms with Crippen LogP contribution in [0.25, 0.3) is 0 Å². The Bertz CT molecular complexity index is 1080. The highest BCUT2D eigenvalue weighted by atomic mass is 35.5. The van der Waals surface area contributed by atoms with E-state index < -0.39 is 10.0 Å². The third-order valence-electron chi connectivity index (χ3n) is 5.56. The van der Waals surface area contributed by atoms with Crippen LogP contribution in [0, 0.1) is 5.92 Å². The van der Waals surface area contributed by atoms with Crippen molar-refractivity contribution in [1.82, 2.24) is 10.2 Å². The van der Waals surface area contributed by atoms with Gasteiger partial charge in [0.25, 0.3) is 15.9 Å². The Hall–Kier alpha value is -2.58. The van der Waals surface area contributed by atoms with Crippen LogP contribution in [0.3, 0.4) is 0 Å². The van der Waals surface area contributed by atoms with Crippen LogP contribution in [-0.2, 0) is 14.8 Å². The number of nitrogens with zero attached hydrogens (tertiary/aromatic N) is 1. The molecule has 0 radical (unpaired) electrons. The molecule has 9 heteroatoms. The van der Waals surface area contributed by atoms with Gasteiger partial charge >= 0.3 is 0 Å². The quantitative estimate of drug-likeness (QED) is 0.690. The second-order valence-electron chi connectivity index (χ2n) is 7.99. The number of halogens is 1. The molecule has 0 spiro atoms. The fraction of sp³-hybridized carbons (Fsp3) is 0.364. The molecule has 0 bridgehead atoms. The molecule has 4 rings (SSSR count). The molecule has 2 aliphatic rings. The molecule has 164 valence electrons. The fourth-order valence-electron chi connectivity index (χ4n) is 3.62. The van der Waals surface area contributed by atoms with Crippen LogP contribution in [0.5, 0.6) is 0 Å². The van der Waals surface area contributed by atoms with Gasteiger partial charge in [0.15, 0.2) is 0 Å². The van der Waals surface area contributed by atoms with E-state index in [2.05, 4.69) is 10.0 Å². The molecule has 0 atom stereocenters. The van der Waals surface area contributed by atoms with Crippen molar-refractivity contribution < 1.29 is 18.0 Å². The summed E-state index contributed by atoms with van der Waals surface area (Å²) in [6.45, 7) is 1.00. The van der Waals surface area contributed by atoms with Crippen LogP contribution in [0.1, 0.15) is 36.0 Å². The molecular formula is C22H24ClN3O4S. The predicted molar refractivity (Wildman–Crippen MR) is 118 cm³/mol. The van der Waals surface area contributed by atoms with Gasteiger partial charge in [0.05, 0.1) is 4.90 Å². The number of piperidine rings is 1. The van der Waals surface area contributed by atoms with Gasteiger partial charge < -0.3 is 10.2 Å². The van der Waals surface area contributed by atoms with Crippen molar-refractivity contribution >= 4 is 39.1 Å². The molecule has 2 aromatic rings. The first-order valence-corrected chi connectivity index (χ1v) is 12.2. The zero-order valence-corrected chi connectivity index (χ0v) is 18.5. The summed E-state index contributed by atoms with van der Waals surface area (Å²) in [5.74, 6) is -0.135. The Kier molecular flexibility index (Phi) is 6.20. The molecule has 31 heavy (non-hydrogen) atoms. The molecule has 7 nitrogen and oxygen atoms in total. The number of hydrogen-bond acceptors (Lipinski definition) is 4. The van der Waals surface area contributed by atoms with Crippen molar-refractivity contribution in [2.24, 2.45) is 5.92 Å². The number of carbonyl (C=O) groups is 2. The van der Waals surface area contributed by atoms with Crippen LogP contribution in [-0.4, -0.2) is 44.3 Å². The van der Waals surface area contributed by atoms with E-state index in [1.807, 2.05) is 0 Å². The molecule has 2 amide bonds. The molecule has 1 aliphatic carbocycles. The summed E-state index contributed by atoms with van der Waals surface area (Å²) < 4.78 is 27.7. The Balaban J connectivity index is 1.39. The van der Waals surface area contributed by atoms with E-state index in [9.17, 15) is 18.0 Å². The molecule has 0 unspecified atom stereocenters. The van der Waals surface area contributed by atoms with Gasteiger partial charge in [-0.3, -0.25) is 14.3 Å². The Labute approximate surface area is 186 Å². The molecule has 1 saturated carbocycles. The van der Waals surface area contributed by atoms with Crippen molar-refractivity contribution in [2.75, 3.05) is 17.8 Å². The van der Waals surface area contributed by atoms with E-state index >= 15 is 0 Å². The van der Waals surface area contributed by atoms with Gasteiger partial charge in [-0.25, -0.2) is 8.42 Å². The van der Waals surface area contributed by atoms with E-state index in [1.54, 1.807) is 23.1 Å². The van der Waals surface area contributed by atoms with Crippen LogP contribution in [0.2, 0.25) is 5.02 Å². The largest absolute Gasteiger partial charge is 0.353 e. The van der Waals surface area contributed by atoms with Crippen molar-refractivity contribution in [2.45, 2.75) is 36.6 Å². The first-order chi connectivity index (χ1) is 14.8. The third-order valence-corrected chi connectivity index (χ3v) is 7.21. The number of carbonyl (C=O) groups excluding carboxylic acids is 2. The summed E-state index contributed by atoms with van der Waals surface area (Å²) in [6.07, 6.45) is 3.38. The highest BCUT2D eigenvalue weighted by Crippen LogP contribution is 2.24. The minimum Gasteiger partial charge on any atom is -0.353 e. The van der Waals surface area contributed by atoms with E-state index in [4.69, 9.17) is 11.6 Å². The number of benzene rings is 2. The molecule has 2 aromatic carbocycles. The van der Waals surface area contributed by atoms with Gasteiger partial charge in [-0.1, -0.05) is 17.7 Å². The van der Waals surface area contributed by atoms with Crippen LogP contribution < -0.4 is 10.0 Å². The van der Waals surface area contributed by atoms with E-state index in [0.29, 0.717) is 48.2 Å². The lowest BCUT2D eigenvalue weighted by molar-refractivity contribution is -0.126. The maximum atomic E-state index is 12.9. The molecule has 2 N–H and O–H groups in total. The number of likely N-dealkylation sites (tertiary alicyclic amines) is 1. The average molecular weight is 462 g/mol. The van der Waals surface area contributed by atoms with E-state index in [0.717, 1.165) is 12.8 Å². The summed E-state index contributed by atoms with van der Waals surface area (Å²) in [4.78, 5) is 26.9. The number of hydrogen-bond donors (Lipinski definition) is 2. The summed E-state index contributed by atoms with van der Waals surface area (Å²) in [6, 6.07) is 12.6. The topological polar surface area (TPSA) is 95.6 Å². The van der Waals surface area contributed by atoms with Gasteiger partial charge in [-0.15, -0.1) is 0 Å². The highest BCUT2D eigenvalue weighted by Gasteiger charge is 2.31. The summed E-state index contributed by atoms with van der Waals surface area (Å²) in [7, 11) is -3.80. The number of amides is 2. The van der Waals surface area contributed by atoms with Crippen LogP contribution in [0.15, 0.2) is 53.4 Å². The fourth-order valence-corrected chi connectivity index (χ4v) is 4.79. The standard InChI is InChI=1S/C22H24ClN3O4S/c23-17-4-8-20(9-5-17)31(29,30)25-19-3-1-2-16(14-19)22(28)26-12-10-15(11-13-26)21(27)24-18-6-7-18/h1-5,8-9,14-15,18,25H,6-7,10-13H2,(H,24,27). The lowest BCUT2D eigenvalue weighted by Crippen LogP contribution is -2.43. The second-order valence-corrected chi connectivity index (χ2v) is 10.1. The Morgan fingerprint density at radius 3 is 2.29 bits per heavy atom. The van der Waals surface area contributed by atoms with Crippen molar-refractivity contribution in [3.8, 4) is 0 Å². The van der Waals surface area contributed by atoms with Gasteiger partial charge in [-0.2, -0.15) is 0 Å². The van der Waals surface area contributed by atoms with Crippen LogP contribution in [0.4, 0.5) is 5.69 Å². The number of nitrogens with one attached hydrogen (secondary N) is 2. The van der Waals surface area contributed by atoms with Crippen molar-refractivity contribution in [1.29, 1.82) is 0 Å². The summed E-state index contributed by atoms with van der Waals surface area (Å²) in [5, 5.41) is 3.47. The van der Waals surface area contributed by atoms with E-state index in [-0.39, 0.29) is 22.6 Å². The monoisotopic (exact) mass is 461 g/mol. The second kappa shape index (κ2) is 8.88. The van der Waals surface area contributed by atoms with Crippen molar-refractivity contribution in [3.63, 3.8) is 0 Å². The highest BCUT2D eigenvalue weighted by molar-refractivity contribution is 7.92. The third kappa shape index (κ3) is 5.37.